The van der Waals surface area contributed by atoms with E-state index in [2.05, 4.69) is 119 Å². The minimum Gasteiger partial charge on any atom is -0.263 e. The molecule has 0 saturated heterocycles. The van der Waals surface area contributed by atoms with E-state index >= 15 is 0 Å². The fourth-order valence-electron chi connectivity index (χ4n) is 6.06. The molecule has 0 saturated carbocycles. The Morgan fingerprint density at radius 2 is 0.725 bits per heavy atom. The predicted octanol–water partition coefficient (Wildman–Crippen LogP) is 10.0. The van der Waals surface area contributed by atoms with E-state index in [1.54, 1.807) is 0 Å². The van der Waals surface area contributed by atoms with Crippen LogP contribution < -0.4 is 0 Å². The lowest BCUT2D eigenvalue weighted by atomic mass is 9.87. The SMILES string of the molecule is c1ccc(-c2cncc(-c3ccc4ccc5c(-c6cncc(-c7ccccc7)c6)ccc6ccc3c4c65)c2)cc1. The molecule has 2 nitrogen and oxygen atoms in total. The average molecular weight is 509 g/mol. The van der Waals surface area contributed by atoms with Gasteiger partial charge >= 0.3 is 0 Å². The second kappa shape index (κ2) is 9.14. The average Bonchev–Trinajstić information content (AvgIpc) is 3.04. The summed E-state index contributed by atoms with van der Waals surface area (Å²) in [5, 5.41) is 7.58. The topological polar surface area (TPSA) is 25.8 Å². The van der Waals surface area contributed by atoms with Crippen molar-refractivity contribution in [2.24, 2.45) is 0 Å². The van der Waals surface area contributed by atoms with Gasteiger partial charge in [0.05, 0.1) is 0 Å². The molecule has 0 unspecified atom stereocenters. The maximum Gasteiger partial charge on any atom is 0.0347 e. The molecule has 0 N–H and O–H groups in total. The third-order valence-electron chi connectivity index (χ3n) is 7.98. The maximum atomic E-state index is 4.63. The predicted molar refractivity (Wildman–Crippen MR) is 167 cm³/mol. The van der Waals surface area contributed by atoms with Gasteiger partial charge in [-0.2, -0.15) is 0 Å². The highest BCUT2D eigenvalue weighted by Gasteiger charge is 2.16. The number of nitrogens with zero attached hydrogens (tertiary/aromatic N) is 2. The molecule has 0 bridgehead atoms. The van der Waals surface area contributed by atoms with Crippen molar-refractivity contribution in [3.05, 3.63) is 146 Å². The van der Waals surface area contributed by atoms with Crippen molar-refractivity contribution in [2.75, 3.05) is 0 Å². The fourth-order valence-corrected chi connectivity index (χ4v) is 6.06. The molecule has 0 amide bonds. The zero-order valence-electron chi connectivity index (χ0n) is 21.8. The van der Waals surface area contributed by atoms with Crippen LogP contribution in [0.3, 0.4) is 0 Å². The molecule has 40 heavy (non-hydrogen) atoms. The summed E-state index contributed by atoms with van der Waals surface area (Å²) >= 11 is 0. The summed E-state index contributed by atoms with van der Waals surface area (Å²) in [4.78, 5) is 9.25. The van der Waals surface area contributed by atoms with Gasteiger partial charge in [0.2, 0.25) is 0 Å². The van der Waals surface area contributed by atoms with Gasteiger partial charge in [-0.25, -0.2) is 0 Å². The molecule has 186 valence electrons. The molecule has 0 atom stereocenters. The number of rotatable bonds is 4. The van der Waals surface area contributed by atoms with Gasteiger partial charge in [-0.1, -0.05) is 109 Å². The Labute approximate surface area is 232 Å². The Bertz CT molecular complexity index is 1990. The monoisotopic (exact) mass is 508 g/mol. The highest BCUT2D eigenvalue weighted by atomic mass is 14.6. The van der Waals surface area contributed by atoms with Crippen molar-refractivity contribution in [3.63, 3.8) is 0 Å². The first-order valence-electron chi connectivity index (χ1n) is 13.6. The zero-order chi connectivity index (χ0) is 26.5. The summed E-state index contributed by atoms with van der Waals surface area (Å²) in [6.07, 6.45) is 7.84. The van der Waals surface area contributed by atoms with E-state index < -0.39 is 0 Å². The third-order valence-corrected chi connectivity index (χ3v) is 7.98. The zero-order valence-corrected chi connectivity index (χ0v) is 21.8. The van der Waals surface area contributed by atoms with Crippen molar-refractivity contribution < 1.29 is 0 Å². The normalized spacial score (nSPS) is 11.5. The van der Waals surface area contributed by atoms with Crippen LogP contribution >= 0.6 is 0 Å². The number of aromatic nitrogens is 2. The Morgan fingerprint density at radius 1 is 0.325 bits per heavy atom. The van der Waals surface area contributed by atoms with Crippen molar-refractivity contribution >= 4 is 32.3 Å². The summed E-state index contributed by atoms with van der Waals surface area (Å²) in [6.45, 7) is 0. The van der Waals surface area contributed by atoms with Crippen molar-refractivity contribution in [3.8, 4) is 44.5 Å². The number of hydrogen-bond donors (Lipinski definition) is 0. The van der Waals surface area contributed by atoms with Crippen LogP contribution in [0.15, 0.2) is 146 Å². The Kier molecular flexibility index (Phi) is 5.17. The van der Waals surface area contributed by atoms with E-state index in [0.717, 1.165) is 22.3 Å². The Hall–Kier alpha value is -5.34. The lowest BCUT2D eigenvalue weighted by molar-refractivity contribution is 1.33. The van der Waals surface area contributed by atoms with E-state index in [1.807, 2.05) is 36.9 Å². The highest BCUT2D eigenvalue weighted by Crippen LogP contribution is 2.42. The van der Waals surface area contributed by atoms with Gasteiger partial charge in [0.25, 0.3) is 0 Å². The van der Waals surface area contributed by atoms with Gasteiger partial charge in [0.1, 0.15) is 0 Å². The lowest BCUT2D eigenvalue weighted by Crippen LogP contribution is -1.91. The number of pyridine rings is 2. The van der Waals surface area contributed by atoms with Crippen LogP contribution in [-0.4, -0.2) is 9.97 Å². The smallest absolute Gasteiger partial charge is 0.0347 e. The standard InChI is InChI=1S/C38H24N2/c1-3-7-25(8-4-1)29-19-31(23-39-21-29)33-15-11-27-14-18-36-34(16-12-28-13-17-35(33)37(27)38(28)36)32-20-30(22-40-24-32)26-9-5-2-6-10-26/h1-24H. The lowest BCUT2D eigenvalue weighted by Gasteiger charge is -2.17. The van der Waals surface area contributed by atoms with E-state index in [9.17, 15) is 0 Å². The molecule has 0 aliphatic rings. The minimum atomic E-state index is 1.12. The molecule has 0 spiro atoms. The largest absolute Gasteiger partial charge is 0.263 e. The molecule has 2 aromatic heterocycles. The van der Waals surface area contributed by atoms with E-state index in [0.29, 0.717) is 0 Å². The minimum absolute atomic E-state index is 1.12. The van der Waals surface area contributed by atoms with Gasteiger partial charge in [-0.15, -0.1) is 0 Å². The Balaban J connectivity index is 1.34. The third kappa shape index (κ3) is 3.65. The number of benzene rings is 6. The van der Waals surface area contributed by atoms with Crippen molar-refractivity contribution in [1.82, 2.24) is 9.97 Å². The van der Waals surface area contributed by atoms with Gasteiger partial charge in [0, 0.05) is 47.0 Å². The molecular formula is C38H24N2. The van der Waals surface area contributed by atoms with E-state index in [4.69, 9.17) is 0 Å². The molecule has 0 fully saturated rings. The van der Waals surface area contributed by atoms with E-state index in [-0.39, 0.29) is 0 Å². The van der Waals surface area contributed by atoms with Crippen LogP contribution in [0.5, 0.6) is 0 Å². The van der Waals surface area contributed by atoms with Crippen LogP contribution in [0.1, 0.15) is 0 Å². The highest BCUT2D eigenvalue weighted by molar-refractivity contribution is 6.27. The quantitative estimate of drug-likeness (QED) is 0.221. The van der Waals surface area contributed by atoms with Crippen LogP contribution in [0.2, 0.25) is 0 Å². The Morgan fingerprint density at radius 3 is 1.18 bits per heavy atom. The van der Waals surface area contributed by atoms with Crippen LogP contribution in [0.4, 0.5) is 0 Å². The molecule has 2 heterocycles. The summed E-state index contributed by atoms with van der Waals surface area (Å²) in [5.41, 5.74) is 9.24. The first-order chi connectivity index (χ1) is 19.8. The molecule has 8 rings (SSSR count). The number of hydrogen-bond acceptors (Lipinski definition) is 2. The summed E-state index contributed by atoms with van der Waals surface area (Å²) in [5.74, 6) is 0. The van der Waals surface area contributed by atoms with Crippen LogP contribution in [0, 0.1) is 0 Å². The molecule has 2 heteroatoms. The first-order valence-corrected chi connectivity index (χ1v) is 13.6. The second-order valence-corrected chi connectivity index (χ2v) is 10.3. The van der Waals surface area contributed by atoms with Crippen molar-refractivity contribution in [1.29, 1.82) is 0 Å². The molecule has 0 aliphatic heterocycles. The first kappa shape index (κ1) is 22.6. The van der Waals surface area contributed by atoms with Gasteiger partial charge in [-0.3, -0.25) is 9.97 Å². The van der Waals surface area contributed by atoms with Crippen molar-refractivity contribution in [2.45, 2.75) is 0 Å². The molecule has 6 aromatic carbocycles. The molecule has 8 aromatic rings. The summed E-state index contributed by atoms with van der Waals surface area (Å²) in [7, 11) is 0. The van der Waals surface area contributed by atoms with E-state index in [1.165, 1.54) is 54.6 Å². The molecule has 0 radical (unpaired) electrons. The maximum absolute atomic E-state index is 4.63. The summed E-state index contributed by atoms with van der Waals surface area (Å²) < 4.78 is 0. The van der Waals surface area contributed by atoms with Crippen LogP contribution in [0.25, 0.3) is 76.8 Å². The summed E-state index contributed by atoms with van der Waals surface area (Å²) in [6, 6.07) is 43.4. The fraction of sp³-hybridized carbons (Fsp3) is 0. The van der Waals surface area contributed by atoms with Gasteiger partial charge < -0.3 is 0 Å². The van der Waals surface area contributed by atoms with Gasteiger partial charge in [-0.05, 0) is 66.7 Å². The second-order valence-electron chi connectivity index (χ2n) is 10.3. The molecule has 0 aliphatic carbocycles. The molecular weight excluding hydrogens is 484 g/mol. The van der Waals surface area contributed by atoms with Gasteiger partial charge in [0.15, 0.2) is 0 Å². The van der Waals surface area contributed by atoms with Crippen LogP contribution in [-0.2, 0) is 0 Å².